The van der Waals surface area contributed by atoms with Crippen molar-refractivity contribution in [2.75, 3.05) is 19.7 Å². The Kier molecular flexibility index (Phi) is 4.71. The van der Waals surface area contributed by atoms with Gasteiger partial charge in [-0.3, -0.25) is 10.2 Å². The third-order valence-corrected chi connectivity index (χ3v) is 3.69. The van der Waals surface area contributed by atoms with Crippen LogP contribution in [-0.2, 0) is 0 Å². The first-order valence-electron chi connectivity index (χ1n) is 7.23. The number of rotatable bonds is 3. The van der Waals surface area contributed by atoms with E-state index in [1.54, 1.807) is 18.2 Å². The summed E-state index contributed by atoms with van der Waals surface area (Å²) >= 11 is 6.13. The smallest absolute Gasteiger partial charge is 0.146 e. The molecule has 1 aliphatic heterocycles. The van der Waals surface area contributed by atoms with Gasteiger partial charge in [0.15, 0.2) is 0 Å². The molecule has 118 valence electrons. The van der Waals surface area contributed by atoms with E-state index in [0.29, 0.717) is 21.9 Å². The van der Waals surface area contributed by atoms with E-state index in [1.165, 1.54) is 0 Å². The number of fused-ring (bicyclic) bond motifs is 1. The van der Waals surface area contributed by atoms with Crippen molar-refractivity contribution in [3.63, 3.8) is 0 Å². The molecule has 2 N–H and O–H groups in total. The van der Waals surface area contributed by atoms with E-state index in [2.05, 4.69) is 9.98 Å². The number of aliphatic hydroxyl groups is 1. The van der Waals surface area contributed by atoms with Crippen molar-refractivity contribution in [3.8, 4) is 0 Å². The van der Waals surface area contributed by atoms with E-state index >= 15 is 0 Å². The number of nitrogens with zero attached hydrogens (tertiary/aromatic N) is 3. The molecule has 0 saturated carbocycles. The Balaban J connectivity index is 2.30. The van der Waals surface area contributed by atoms with Crippen LogP contribution in [0.25, 0.3) is 5.70 Å². The van der Waals surface area contributed by atoms with E-state index < -0.39 is 0 Å². The second kappa shape index (κ2) is 6.91. The molecule has 2 aromatic carbocycles. The van der Waals surface area contributed by atoms with E-state index in [4.69, 9.17) is 16.7 Å². The van der Waals surface area contributed by atoms with Crippen LogP contribution in [0.15, 0.2) is 58.5 Å². The Morgan fingerprint density at radius 2 is 1.96 bits per heavy atom. The maximum atomic E-state index is 10.6. The predicted octanol–water partition coefficient (Wildman–Crippen LogP) is 1.21. The monoisotopic (exact) mass is 329 g/mol. The van der Waals surface area contributed by atoms with E-state index in [-0.39, 0.29) is 19.7 Å². The van der Waals surface area contributed by atoms with Gasteiger partial charge in [-0.25, -0.2) is 10.1 Å². The number of halogens is 1. The fraction of sp³-hybridized carbons (Fsp3) is 0.176. The molecule has 0 fully saturated rings. The van der Waals surface area contributed by atoms with Gasteiger partial charge in [-0.2, -0.15) is 0 Å². The lowest BCUT2D eigenvalue weighted by molar-refractivity contribution is -0.0120. The largest absolute Gasteiger partial charge is 0.394 e. The number of hydroxylamine groups is 2. The topological polar surface area (TPSA) is 68.4 Å². The normalized spacial score (nSPS) is 16.0. The SMILES string of the molecule is OCCN=C1CN(O)C(c2ccccc2)=c2cc(Cl)ccc2=N1. The summed E-state index contributed by atoms with van der Waals surface area (Å²) in [4.78, 5) is 8.72. The van der Waals surface area contributed by atoms with E-state index in [9.17, 15) is 5.21 Å². The summed E-state index contributed by atoms with van der Waals surface area (Å²) < 4.78 is 0. The van der Waals surface area contributed by atoms with Crippen molar-refractivity contribution < 1.29 is 10.3 Å². The first-order chi connectivity index (χ1) is 11.2. The zero-order valence-corrected chi connectivity index (χ0v) is 13.1. The second-order valence-electron chi connectivity index (χ2n) is 5.07. The second-order valence-corrected chi connectivity index (χ2v) is 5.50. The molecule has 1 aliphatic rings. The summed E-state index contributed by atoms with van der Waals surface area (Å²) in [6.07, 6.45) is 0. The van der Waals surface area contributed by atoms with Crippen LogP contribution in [0.3, 0.4) is 0 Å². The minimum absolute atomic E-state index is 0.0623. The molecule has 23 heavy (non-hydrogen) atoms. The van der Waals surface area contributed by atoms with Crippen molar-refractivity contribution in [2.24, 2.45) is 9.98 Å². The number of hydrogen-bond acceptors (Lipinski definition) is 4. The molecule has 0 aromatic heterocycles. The highest BCUT2D eigenvalue weighted by Gasteiger charge is 2.17. The van der Waals surface area contributed by atoms with Crippen molar-refractivity contribution in [1.82, 2.24) is 5.06 Å². The van der Waals surface area contributed by atoms with Gasteiger partial charge in [0, 0.05) is 15.8 Å². The lowest BCUT2D eigenvalue weighted by Gasteiger charge is -2.19. The summed E-state index contributed by atoms with van der Waals surface area (Å²) in [5, 5.41) is 22.6. The van der Waals surface area contributed by atoms with Crippen LogP contribution >= 0.6 is 11.6 Å². The molecule has 5 nitrogen and oxygen atoms in total. The van der Waals surface area contributed by atoms with Crippen LogP contribution in [0.5, 0.6) is 0 Å². The van der Waals surface area contributed by atoms with Crippen LogP contribution in [0, 0.1) is 0 Å². The summed E-state index contributed by atoms with van der Waals surface area (Å²) in [7, 11) is 0. The third kappa shape index (κ3) is 3.42. The first kappa shape index (κ1) is 15.7. The number of aliphatic hydroxyl groups excluding tert-OH is 1. The molecule has 0 atom stereocenters. The predicted molar refractivity (Wildman–Crippen MR) is 89.1 cm³/mol. The number of benzene rings is 2. The lowest BCUT2D eigenvalue weighted by Crippen LogP contribution is -2.31. The van der Waals surface area contributed by atoms with Gasteiger partial charge >= 0.3 is 0 Å². The Morgan fingerprint density at radius 1 is 1.17 bits per heavy atom. The van der Waals surface area contributed by atoms with Gasteiger partial charge in [-0.1, -0.05) is 41.9 Å². The molecule has 0 amide bonds. The summed E-state index contributed by atoms with van der Waals surface area (Å²) in [6.45, 7) is 0.319. The first-order valence-corrected chi connectivity index (χ1v) is 7.61. The van der Waals surface area contributed by atoms with Crippen LogP contribution in [0.2, 0.25) is 5.02 Å². The number of hydrogen-bond donors (Lipinski definition) is 2. The Bertz CT molecular complexity index is 850. The zero-order valence-electron chi connectivity index (χ0n) is 12.4. The molecule has 6 heteroatoms. The Hall–Kier alpha value is -2.21. The molecule has 3 rings (SSSR count). The molecular weight excluding hydrogens is 314 g/mol. The van der Waals surface area contributed by atoms with Gasteiger partial charge in [-0.05, 0) is 18.2 Å². The molecule has 1 heterocycles. The summed E-state index contributed by atoms with van der Waals surface area (Å²) in [5.41, 5.74) is 1.48. The number of aliphatic imine (C=N–C) groups is 1. The standard InChI is InChI=1S/C17H16ClN3O2/c18-13-6-7-15-14(10-13)17(12-4-2-1-3-5-12)21(23)11-16(20-15)19-8-9-22/h1-7,10,22-23H,8-9,11H2. The summed E-state index contributed by atoms with van der Waals surface area (Å²) in [6, 6.07) is 14.9. The molecule has 0 saturated heterocycles. The van der Waals surface area contributed by atoms with Crippen molar-refractivity contribution >= 4 is 23.1 Å². The van der Waals surface area contributed by atoms with Crippen molar-refractivity contribution in [3.05, 3.63) is 69.7 Å². The third-order valence-electron chi connectivity index (χ3n) is 3.45. The van der Waals surface area contributed by atoms with Crippen LogP contribution in [-0.4, -0.2) is 40.9 Å². The van der Waals surface area contributed by atoms with Crippen molar-refractivity contribution in [2.45, 2.75) is 0 Å². The van der Waals surface area contributed by atoms with E-state index in [1.807, 2.05) is 30.3 Å². The van der Waals surface area contributed by atoms with Crippen LogP contribution < -0.4 is 10.6 Å². The fourth-order valence-electron chi connectivity index (χ4n) is 2.49. The average Bonchev–Trinajstić information content (AvgIpc) is 2.69. The van der Waals surface area contributed by atoms with Gasteiger partial charge in [0.05, 0.1) is 24.2 Å². The summed E-state index contributed by atoms with van der Waals surface area (Å²) in [5.74, 6) is 0.455. The molecular formula is C17H16ClN3O2. The molecule has 0 spiro atoms. The Morgan fingerprint density at radius 3 is 2.70 bits per heavy atom. The van der Waals surface area contributed by atoms with Crippen LogP contribution in [0.4, 0.5) is 0 Å². The van der Waals surface area contributed by atoms with Crippen molar-refractivity contribution in [1.29, 1.82) is 0 Å². The highest BCUT2D eigenvalue weighted by molar-refractivity contribution is 6.30. The highest BCUT2D eigenvalue weighted by atomic mass is 35.5. The molecule has 0 aliphatic carbocycles. The fourth-order valence-corrected chi connectivity index (χ4v) is 2.66. The van der Waals surface area contributed by atoms with E-state index in [0.717, 1.165) is 15.8 Å². The molecule has 0 bridgehead atoms. The van der Waals surface area contributed by atoms with Crippen LogP contribution in [0.1, 0.15) is 5.56 Å². The lowest BCUT2D eigenvalue weighted by atomic mass is 10.1. The average molecular weight is 330 g/mol. The molecule has 0 unspecified atom stereocenters. The van der Waals surface area contributed by atoms with Gasteiger partial charge in [0.25, 0.3) is 0 Å². The maximum absolute atomic E-state index is 10.6. The maximum Gasteiger partial charge on any atom is 0.146 e. The molecule has 0 radical (unpaired) electrons. The Labute approximate surface area is 138 Å². The minimum Gasteiger partial charge on any atom is -0.394 e. The minimum atomic E-state index is -0.0623. The van der Waals surface area contributed by atoms with Gasteiger partial charge < -0.3 is 5.11 Å². The zero-order chi connectivity index (χ0) is 16.2. The van der Waals surface area contributed by atoms with Gasteiger partial charge in [0.1, 0.15) is 12.4 Å². The van der Waals surface area contributed by atoms with Gasteiger partial charge in [-0.15, -0.1) is 0 Å². The van der Waals surface area contributed by atoms with Gasteiger partial charge in [0.2, 0.25) is 0 Å². The highest BCUT2D eigenvalue weighted by Crippen LogP contribution is 2.15. The molecule has 2 aromatic rings. The number of amidine groups is 1. The quantitative estimate of drug-likeness (QED) is 0.889.